The first-order valence-corrected chi connectivity index (χ1v) is 9.49. The van der Waals surface area contributed by atoms with Gasteiger partial charge in [0.25, 0.3) is 0 Å². The number of imidazole rings is 1. The number of esters is 1. The maximum absolute atomic E-state index is 12.1. The third-order valence-corrected chi connectivity index (χ3v) is 4.57. The van der Waals surface area contributed by atoms with Crippen molar-refractivity contribution < 1.29 is 14.3 Å². The predicted molar refractivity (Wildman–Crippen MR) is 113 cm³/mol. The summed E-state index contributed by atoms with van der Waals surface area (Å²) >= 11 is 0. The summed E-state index contributed by atoms with van der Waals surface area (Å²) in [4.78, 5) is 24.5. The number of hydrogen-bond donors (Lipinski definition) is 1. The molecule has 30 heavy (non-hydrogen) atoms. The SMILES string of the molecule is CCOC(=O)c1cncnc1Nc1ccc(Oc2ccc3c(c2)ncn3C)c(C)c1. The number of hydrogen-bond acceptors (Lipinski definition) is 7. The molecule has 0 saturated heterocycles. The van der Waals surface area contributed by atoms with Gasteiger partial charge in [0.1, 0.15) is 29.2 Å². The lowest BCUT2D eigenvalue weighted by Gasteiger charge is -2.13. The van der Waals surface area contributed by atoms with Crippen LogP contribution >= 0.6 is 0 Å². The molecule has 2 aromatic heterocycles. The Balaban J connectivity index is 1.54. The standard InChI is InChI=1S/C22H21N5O3/c1-4-29-22(28)17-11-23-12-24-21(17)26-15-5-8-20(14(2)9-15)30-16-6-7-19-18(10-16)25-13-27(19)3/h5-13H,4H2,1-3H3,(H,23,24,26). The van der Waals surface area contributed by atoms with E-state index in [1.165, 1.54) is 12.5 Å². The topological polar surface area (TPSA) is 91.2 Å². The quantitative estimate of drug-likeness (QED) is 0.478. The fourth-order valence-corrected chi connectivity index (χ4v) is 3.07. The number of aromatic nitrogens is 4. The fraction of sp³-hybridized carbons (Fsp3) is 0.182. The lowest BCUT2D eigenvalue weighted by atomic mass is 10.2. The molecule has 4 rings (SSSR count). The van der Waals surface area contributed by atoms with Gasteiger partial charge >= 0.3 is 5.97 Å². The Labute approximate surface area is 173 Å². The number of fused-ring (bicyclic) bond motifs is 1. The number of nitrogens with one attached hydrogen (secondary N) is 1. The third kappa shape index (κ3) is 3.93. The molecule has 0 radical (unpaired) electrons. The average molecular weight is 403 g/mol. The summed E-state index contributed by atoms with van der Waals surface area (Å²) in [7, 11) is 1.96. The molecule has 0 fully saturated rings. The lowest BCUT2D eigenvalue weighted by molar-refractivity contribution is 0.0526. The van der Waals surface area contributed by atoms with Crippen molar-refractivity contribution in [1.29, 1.82) is 0 Å². The summed E-state index contributed by atoms with van der Waals surface area (Å²) < 4.78 is 13.1. The van der Waals surface area contributed by atoms with Crippen molar-refractivity contribution in [2.24, 2.45) is 7.05 Å². The third-order valence-electron chi connectivity index (χ3n) is 4.57. The van der Waals surface area contributed by atoms with Gasteiger partial charge in [-0.15, -0.1) is 0 Å². The van der Waals surface area contributed by atoms with Crippen LogP contribution in [-0.4, -0.2) is 32.1 Å². The molecule has 2 heterocycles. The second kappa shape index (κ2) is 8.20. The Kier molecular flexibility index (Phi) is 5.30. The molecule has 4 aromatic rings. The van der Waals surface area contributed by atoms with E-state index in [2.05, 4.69) is 20.3 Å². The highest BCUT2D eigenvalue weighted by molar-refractivity contribution is 5.95. The lowest BCUT2D eigenvalue weighted by Crippen LogP contribution is -2.09. The van der Waals surface area contributed by atoms with Gasteiger partial charge in [-0.05, 0) is 49.7 Å². The zero-order valence-corrected chi connectivity index (χ0v) is 16.9. The molecule has 0 saturated carbocycles. The van der Waals surface area contributed by atoms with E-state index >= 15 is 0 Å². The molecule has 1 N–H and O–H groups in total. The molecule has 0 unspecified atom stereocenters. The number of anilines is 2. The normalized spacial score (nSPS) is 10.8. The average Bonchev–Trinajstić information content (AvgIpc) is 3.11. The van der Waals surface area contributed by atoms with E-state index < -0.39 is 5.97 Å². The summed E-state index contributed by atoms with van der Waals surface area (Å²) in [5.74, 6) is 1.36. The highest BCUT2D eigenvalue weighted by atomic mass is 16.5. The van der Waals surface area contributed by atoms with Crippen molar-refractivity contribution in [2.75, 3.05) is 11.9 Å². The van der Waals surface area contributed by atoms with Gasteiger partial charge in [-0.2, -0.15) is 0 Å². The molecule has 0 aliphatic rings. The molecule has 0 aliphatic carbocycles. The van der Waals surface area contributed by atoms with Gasteiger partial charge in [-0.25, -0.2) is 19.7 Å². The molecule has 0 atom stereocenters. The largest absolute Gasteiger partial charge is 0.462 e. The number of benzene rings is 2. The van der Waals surface area contributed by atoms with Crippen molar-refractivity contribution in [3.8, 4) is 11.5 Å². The van der Waals surface area contributed by atoms with Gasteiger partial charge in [-0.1, -0.05) is 0 Å². The summed E-state index contributed by atoms with van der Waals surface area (Å²) in [6, 6.07) is 11.5. The van der Waals surface area contributed by atoms with E-state index in [0.717, 1.165) is 28.0 Å². The van der Waals surface area contributed by atoms with Crippen molar-refractivity contribution in [3.63, 3.8) is 0 Å². The smallest absolute Gasteiger partial charge is 0.343 e. The molecule has 2 aromatic carbocycles. The van der Waals surface area contributed by atoms with Crippen molar-refractivity contribution in [3.05, 3.63) is 66.4 Å². The zero-order chi connectivity index (χ0) is 21.1. The van der Waals surface area contributed by atoms with Crippen LogP contribution in [0.2, 0.25) is 0 Å². The Bertz CT molecular complexity index is 1220. The predicted octanol–water partition coefficient (Wildman–Crippen LogP) is 4.38. The van der Waals surface area contributed by atoms with E-state index in [1.54, 1.807) is 13.3 Å². The van der Waals surface area contributed by atoms with Crippen molar-refractivity contribution in [2.45, 2.75) is 13.8 Å². The van der Waals surface area contributed by atoms with Crippen LogP contribution in [0.4, 0.5) is 11.5 Å². The minimum Gasteiger partial charge on any atom is -0.462 e. The number of nitrogens with zero attached hydrogens (tertiary/aromatic N) is 4. The van der Waals surface area contributed by atoms with Crippen LogP contribution in [0.3, 0.4) is 0 Å². The molecule has 0 spiro atoms. The summed E-state index contributed by atoms with van der Waals surface area (Å²) in [5.41, 5.74) is 3.89. The highest BCUT2D eigenvalue weighted by Gasteiger charge is 2.15. The van der Waals surface area contributed by atoms with Gasteiger partial charge in [0.2, 0.25) is 0 Å². The van der Waals surface area contributed by atoms with E-state index in [9.17, 15) is 4.79 Å². The van der Waals surface area contributed by atoms with Crippen molar-refractivity contribution >= 4 is 28.5 Å². The van der Waals surface area contributed by atoms with E-state index in [4.69, 9.17) is 9.47 Å². The minimum absolute atomic E-state index is 0.279. The molecular weight excluding hydrogens is 382 g/mol. The first-order valence-electron chi connectivity index (χ1n) is 9.49. The second-order valence-corrected chi connectivity index (χ2v) is 6.72. The Hall–Kier alpha value is -3.94. The monoisotopic (exact) mass is 403 g/mol. The number of carbonyl (C=O) groups is 1. The van der Waals surface area contributed by atoms with Gasteiger partial charge in [-0.3, -0.25) is 0 Å². The number of ether oxygens (including phenoxy) is 2. The Morgan fingerprint density at radius 2 is 2.03 bits per heavy atom. The molecule has 0 amide bonds. The number of aryl methyl sites for hydroxylation is 2. The summed E-state index contributed by atoms with van der Waals surface area (Å²) in [5, 5.41) is 3.15. The maximum atomic E-state index is 12.1. The number of carbonyl (C=O) groups excluding carboxylic acids is 1. The van der Waals surface area contributed by atoms with Crippen LogP contribution < -0.4 is 10.1 Å². The Morgan fingerprint density at radius 3 is 2.83 bits per heavy atom. The van der Waals surface area contributed by atoms with Gasteiger partial charge in [0.05, 0.1) is 24.0 Å². The van der Waals surface area contributed by atoms with Crippen LogP contribution in [0.1, 0.15) is 22.8 Å². The first-order chi connectivity index (χ1) is 14.5. The van der Waals surface area contributed by atoms with E-state index in [1.807, 2.05) is 54.9 Å². The number of rotatable bonds is 6. The van der Waals surface area contributed by atoms with E-state index in [-0.39, 0.29) is 12.2 Å². The molecule has 8 heteroatoms. The van der Waals surface area contributed by atoms with Crippen LogP contribution in [-0.2, 0) is 11.8 Å². The molecule has 0 bridgehead atoms. The van der Waals surface area contributed by atoms with Crippen LogP contribution in [0, 0.1) is 6.92 Å². The summed E-state index contributed by atoms with van der Waals surface area (Å²) in [6.45, 7) is 3.98. The zero-order valence-electron chi connectivity index (χ0n) is 16.9. The molecule has 0 aliphatic heterocycles. The highest BCUT2D eigenvalue weighted by Crippen LogP contribution is 2.30. The second-order valence-electron chi connectivity index (χ2n) is 6.72. The van der Waals surface area contributed by atoms with E-state index in [0.29, 0.717) is 11.6 Å². The maximum Gasteiger partial charge on any atom is 0.343 e. The molecule has 8 nitrogen and oxygen atoms in total. The minimum atomic E-state index is -0.470. The Morgan fingerprint density at radius 1 is 1.17 bits per heavy atom. The van der Waals surface area contributed by atoms with Crippen LogP contribution in [0.15, 0.2) is 55.2 Å². The van der Waals surface area contributed by atoms with Crippen LogP contribution in [0.5, 0.6) is 11.5 Å². The van der Waals surface area contributed by atoms with Crippen LogP contribution in [0.25, 0.3) is 11.0 Å². The fourth-order valence-electron chi connectivity index (χ4n) is 3.07. The van der Waals surface area contributed by atoms with Gasteiger partial charge in [0, 0.05) is 25.0 Å². The van der Waals surface area contributed by atoms with Gasteiger partial charge in [0.15, 0.2) is 0 Å². The van der Waals surface area contributed by atoms with Gasteiger partial charge < -0.3 is 19.4 Å². The molecular formula is C22H21N5O3. The summed E-state index contributed by atoms with van der Waals surface area (Å²) in [6.07, 6.45) is 4.59. The molecule has 152 valence electrons. The first kappa shape index (κ1) is 19.4. The van der Waals surface area contributed by atoms with Crippen molar-refractivity contribution in [1.82, 2.24) is 19.5 Å².